The first kappa shape index (κ1) is 11.8. The molecule has 0 amide bonds. The molecule has 0 saturated heterocycles. The minimum absolute atomic E-state index is 0.220. The maximum absolute atomic E-state index is 10.9. The van der Waals surface area contributed by atoms with Crippen molar-refractivity contribution < 1.29 is 9.53 Å². The van der Waals surface area contributed by atoms with Crippen LogP contribution in [-0.2, 0) is 9.53 Å². The van der Waals surface area contributed by atoms with Gasteiger partial charge in [-0.2, -0.15) is 0 Å². The summed E-state index contributed by atoms with van der Waals surface area (Å²) < 4.78 is 4.53. The third kappa shape index (κ3) is 3.75. The Balaban J connectivity index is 2.50. The number of aryl methyl sites for hydroxylation is 1. The highest BCUT2D eigenvalue weighted by molar-refractivity contribution is 7.99. The molecule has 6 heteroatoms. The Kier molecular flexibility index (Phi) is 4.36. The Morgan fingerprint density at radius 1 is 1.67 bits per heavy atom. The number of anilines is 1. The smallest absolute Gasteiger partial charge is 0.306 e. The van der Waals surface area contributed by atoms with Crippen LogP contribution in [-0.4, -0.2) is 28.8 Å². The molecule has 0 atom stereocenters. The molecule has 1 rings (SSSR count). The van der Waals surface area contributed by atoms with Crippen molar-refractivity contribution in [3.05, 3.63) is 11.8 Å². The summed E-state index contributed by atoms with van der Waals surface area (Å²) in [4.78, 5) is 18.8. The molecule has 5 nitrogen and oxygen atoms in total. The molecule has 0 fully saturated rings. The quantitative estimate of drug-likeness (QED) is 0.470. The normalized spacial score (nSPS) is 10.0. The highest BCUT2D eigenvalue weighted by Crippen LogP contribution is 2.20. The molecule has 2 N–H and O–H groups in total. The van der Waals surface area contributed by atoms with Crippen LogP contribution >= 0.6 is 11.8 Å². The van der Waals surface area contributed by atoms with Gasteiger partial charge in [0.25, 0.3) is 0 Å². The Labute approximate surface area is 92.4 Å². The van der Waals surface area contributed by atoms with Crippen LogP contribution in [0.5, 0.6) is 0 Å². The number of carbonyl (C=O) groups excluding carboxylic acids is 1. The van der Waals surface area contributed by atoms with E-state index in [1.54, 1.807) is 6.20 Å². The minimum atomic E-state index is -0.220. The topological polar surface area (TPSA) is 78.1 Å². The van der Waals surface area contributed by atoms with Crippen LogP contribution in [0.25, 0.3) is 0 Å². The molecule has 0 aliphatic carbocycles. The van der Waals surface area contributed by atoms with Gasteiger partial charge in [0.2, 0.25) is 5.95 Å². The Hall–Kier alpha value is -1.30. The molecule has 0 aliphatic heterocycles. The number of hydrogen-bond donors (Lipinski definition) is 1. The van der Waals surface area contributed by atoms with Crippen molar-refractivity contribution in [1.29, 1.82) is 0 Å². The van der Waals surface area contributed by atoms with Crippen molar-refractivity contribution in [3.8, 4) is 0 Å². The van der Waals surface area contributed by atoms with Crippen molar-refractivity contribution in [3.63, 3.8) is 0 Å². The number of hydrogen-bond acceptors (Lipinski definition) is 6. The molecule has 0 unspecified atom stereocenters. The number of nitrogens with two attached hydrogens (primary N) is 1. The number of thioether (sulfide) groups is 1. The van der Waals surface area contributed by atoms with Crippen LogP contribution in [0, 0.1) is 6.92 Å². The van der Waals surface area contributed by atoms with Gasteiger partial charge in [-0.25, -0.2) is 9.97 Å². The SMILES string of the molecule is COC(=O)CCSc1nc(N)ncc1C. The molecule has 0 radical (unpaired) electrons. The number of aromatic nitrogens is 2. The monoisotopic (exact) mass is 227 g/mol. The fourth-order valence-corrected chi connectivity index (χ4v) is 1.82. The van der Waals surface area contributed by atoms with E-state index < -0.39 is 0 Å². The van der Waals surface area contributed by atoms with Crippen molar-refractivity contribution in [2.45, 2.75) is 18.4 Å². The molecule has 0 saturated carbocycles. The van der Waals surface area contributed by atoms with Crippen molar-refractivity contribution >= 4 is 23.7 Å². The molecule has 0 aromatic carbocycles. The lowest BCUT2D eigenvalue weighted by Crippen LogP contribution is -2.02. The lowest BCUT2D eigenvalue weighted by Gasteiger charge is -2.03. The number of nitrogens with zero attached hydrogens (tertiary/aromatic N) is 2. The van der Waals surface area contributed by atoms with Gasteiger partial charge in [-0.1, -0.05) is 0 Å². The first-order chi connectivity index (χ1) is 7.13. The van der Waals surface area contributed by atoms with Crippen molar-refractivity contribution in [1.82, 2.24) is 9.97 Å². The summed E-state index contributed by atoms with van der Waals surface area (Å²) in [5.74, 6) is 0.660. The molecule has 0 aliphatic rings. The number of ether oxygens (including phenoxy) is 1. The van der Waals surface area contributed by atoms with Crippen LogP contribution in [0.3, 0.4) is 0 Å². The zero-order valence-corrected chi connectivity index (χ0v) is 9.50. The molecule has 82 valence electrons. The van der Waals surface area contributed by atoms with Gasteiger partial charge >= 0.3 is 5.97 Å². The van der Waals surface area contributed by atoms with E-state index in [1.165, 1.54) is 18.9 Å². The predicted octanol–water partition coefficient (Wildman–Crippen LogP) is 1.02. The van der Waals surface area contributed by atoms with Gasteiger partial charge in [0.1, 0.15) is 5.03 Å². The summed E-state index contributed by atoms with van der Waals surface area (Å²) in [7, 11) is 1.38. The highest BCUT2D eigenvalue weighted by atomic mass is 32.2. The molecule has 15 heavy (non-hydrogen) atoms. The van der Waals surface area contributed by atoms with Gasteiger partial charge in [-0.05, 0) is 12.5 Å². The Morgan fingerprint density at radius 2 is 2.40 bits per heavy atom. The summed E-state index contributed by atoms with van der Waals surface area (Å²) in [6.45, 7) is 1.90. The molecule has 1 aromatic rings. The maximum Gasteiger partial charge on any atom is 0.306 e. The van der Waals surface area contributed by atoms with E-state index in [1.807, 2.05) is 6.92 Å². The van der Waals surface area contributed by atoms with E-state index in [0.29, 0.717) is 12.2 Å². The average Bonchev–Trinajstić information content (AvgIpc) is 2.23. The first-order valence-electron chi connectivity index (χ1n) is 4.42. The van der Waals surface area contributed by atoms with E-state index in [0.717, 1.165) is 10.6 Å². The van der Waals surface area contributed by atoms with Gasteiger partial charge < -0.3 is 10.5 Å². The lowest BCUT2D eigenvalue weighted by molar-refractivity contribution is -0.140. The second-order valence-electron chi connectivity index (χ2n) is 2.89. The second kappa shape index (κ2) is 5.55. The number of carbonyl (C=O) groups is 1. The van der Waals surface area contributed by atoms with E-state index in [9.17, 15) is 4.79 Å². The van der Waals surface area contributed by atoms with Gasteiger partial charge in [-0.15, -0.1) is 11.8 Å². The predicted molar refractivity (Wildman–Crippen MR) is 58.5 cm³/mol. The second-order valence-corrected chi connectivity index (χ2v) is 3.97. The molecular weight excluding hydrogens is 214 g/mol. The standard InChI is InChI=1S/C9H13N3O2S/c1-6-5-11-9(10)12-8(6)15-4-3-7(13)14-2/h5H,3-4H2,1-2H3,(H2,10,11,12). The van der Waals surface area contributed by atoms with Gasteiger partial charge in [0.15, 0.2) is 0 Å². The van der Waals surface area contributed by atoms with E-state index in [2.05, 4.69) is 14.7 Å². The van der Waals surface area contributed by atoms with E-state index in [4.69, 9.17) is 5.73 Å². The number of nitrogen functional groups attached to an aromatic ring is 1. The first-order valence-corrected chi connectivity index (χ1v) is 5.40. The van der Waals surface area contributed by atoms with Crippen molar-refractivity contribution in [2.24, 2.45) is 0 Å². The number of methoxy groups -OCH3 is 1. The highest BCUT2D eigenvalue weighted by Gasteiger charge is 2.05. The molecular formula is C9H13N3O2S. The van der Waals surface area contributed by atoms with Gasteiger partial charge in [-0.3, -0.25) is 4.79 Å². The van der Waals surface area contributed by atoms with E-state index >= 15 is 0 Å². The average molecular weight is 227 g/mol. The van der Waals surface area contributed by atoms with Crippen molar-refractivity contribution in [2.75, 3.05) is 18.6 Å². The van der Waals surface area contributed by atoms with E-state index in [-0.39, 0.29) is 11.9 Å². The summed E-state index contributed by atoms with van der Waals surface area (Å²) in [6.07, 6.45) is 2.04. The summed E-state index contributed by atoms with van der Waals surface area (Å²) in [5, 5.41) is 0.811. The van der Waals surface area contributed by atoms with Crippen LogP contribution in [0.1, 0.15) is 12.0 Å². The molecule has 1 heterocycles. The molecule has 1 aromatic heterocycles. The molecule has 0 spiro atoms. The molecule has 0 bridgehead atoms. The van der Waals surface area contributed by atoms with Crippen LogP contribution in [0.2, 0.25) is 0 Å². The zero-order chi connectivity index (χ0) is 11.3. The number of esters is 1. The third-order valence-corrected chi connectivity index (χ3v) is 2.81. The fraction of sp³-hybridized carbons (Fsp3) is 0.444. The third-order valence-electron chi connectivity index (χ3n) is 1.72. The summed E-state index contributed by atoms with van der Waals surface area (Å²) in [5.41, 5.74) is 6.42. The summed E-state index contributed by atoms with van der Waals surface area (Å²) >= 11 is 1.47. The van der Waals surface area contributed by atoms with Crippen LogP contribution in [0.4, 0.5) is 5.95 Å². The number of rotatable bonds is 4. The fourth-order valence-electron chi connectivity index (χ4n) is 0.918. The van der Waals surface area contributed by atoms with Crippen LogP contribution < -0.4 is 5.73 Å². The lowest BCUT2D eigenvalue weighted by atomic mass is 10.4. The Morgan fingerprint density at radius 3 is 3.07 bits per heavy atom. The maximum atomic E-state index is 10.9. The minimum Gasteiger partial charge on any atom is -0.469 e. The zero-order valence-electron chi connectivity index (χ0n) is 8.69. The Bertz CT molecular complexity index is 357. The summed E-state index contributed by atoms with van der Waals surface area (Å²) in [6, 6.07) is 0. The van der Waals surface area contributed by atoms with Gasteiger partial charge in [0, 0.05) is 11.9 Å². The van der Waals surface area contributed by atoms with Gasteiger partial charge in [0.05, 0.1) is 13.5 Å². The van der Waals surface area contributed by atoms with Crippen LogP contribution in [0.15, 0.2) is 11.2 Å². The largest absolute Gasteiger partial charge is 0.469 e.